The second kappa shape index (κ2) is 9.94. The number of ether oxygens (including phenoxy) is 2. The van der Waals surface area contributed by atoms with Gasteiger partial charge in [-0.05, 0) is 49.4 Å². The van der Waals surface area contributed by atoms with Crippen LogP contribution in [-0.2, 0) is 4.74 Å². The lowest BCUT2D eigenvalue weighted by Crippen LogP contribution is -2.38. The molecule has 1 saturated heterocycles. The van der Waals surface area contributed by atoms with Crippen LogP contribution in [0.5, 0.6) is 5.75 Å². The Kier molecular flexibility index (Phi) is 7.07. The van der Waals surface area contributed by atoms with Crippen LogP contribution < -0.4 is 15.4 Å². The van der Waals surface area contributed by atoms with Crippen LogP contribution in [-0.4, -0.2) is 57.3 Å². The van der Waals surface area contributed by atoms with Gasteiger partial charge in [0.15, 0.2) is 0 Å². The number of morpholine rings is 1. The molecular formula is C21H27N3O3. The molecule has 0 atom stereocenters. The molecule has 1 fully saturated rings. The summed E-state index contributed by atoms with van der Waals surface area (Å²) in [7, 11) is 1.64. The number of nitrogens with zero attached hydrogens (tertiary/aromatic N) is 1. The Bertz CT molecular complexity index is 728. The highest BCUT2D eigenvalue weighted by molar-refractivity contribution is 6.00. The molecule has 1 heterocycles. The summed E-state index contributed by atoms with van der Waals surface area (Å²) < 4.78 is 10.5. The Morgan fingerprint density at radius 3 is 2.59 bits per heavy atom. The number of methoxy groups -OCH3 is 1. The number of nitrogens with one attached hydrogen (secondary N) is 2. The minimum Gasteiger partial charge on any atom is -0.497 e. The third-order valence-electron chi connectivity index (χ3n) is 4.58. The van der Waals surface area contributed by atoms with Crippen molar-refractivity contribution in [3.63, 3.8) is 0 Å². The lowest BCUT2D eigenvalue weighted by Gasteiger charge is -2.26. The first-order valence-corrected chi connectivity index (χ1v) is 9.34. The molecule has 3 rings (SSSR count). The van der Waals surface area contributed by atoms with E-state index in [2.05, 4.69) is 15.5 Å². The van der Waals surface area contributed by atoms with Gasteiger partial charge >= 0.3 is 0 Å². The molecule has 2 aromatic rings. The molecule has 27 heavy (non-hydrogen) atoms. The smallest absolute Gasteiger partial charge is 0.253 e. The standard InChI is InChI=1S/C21H27N3O3/c1-26-18-9-7-17(8-10-18)23-20-6-3-2-5-19(20)21(25)22-11-4-12-24-13-15-27-16-14-24/h2-3,5-10,23H,4,11-16H2,1H3,(H,22,25). The Morgan fingerprint density at radius 2 is 1.85 bits per heavy atom. The van der Waals surface area contributed by atoms with E-state index in [0.29, 0.717) is 12.1 Å². The van der Waals surface area contributed by atoms with Crippen molar-refractivity contribution in [1.29, 1.82) is 0 Å². The summed E-state index contributed by atoms with van der Waals surface area (Å²) >= 11 is 0. The number of anilines is 2. The van der Waals surface area contributed by atoms with E-state index in [0.717, 1.165) is 56.4 Å². The van der Waals surface area contributed by atoms with Gasteiger partial charge in [-0.3, -0.25) is 9.69 Å². The van der Waals surface area contributed by atoms with Crippen molar-refractivity contribution in [2.45, 2.75) is 6.42 Å². The minimum atomic E-state index is -0.0615. The Balaban J connectivity index is 1.53. The third-order valence-corrected chi connectivity index (χ3v) is 4.58. The molecule has 2 aromatic carbocycles. The summed E-state index contributed by atoms with van der Waals surface area (Å²) in [5.74, 6) is 0.737. The highest BCUT2D eigenvalue weighted by Crippen LogP contribution is 2.22. The van der Waals surface area contributed by atoms with Crippen molar-refractivity contribution in [1.82, 2.24) is 10.2 Å². The minimum absolute atomic E-state index is 0.0615. The average molecular weight is 369 g/mol. The maximum absolute atomic E-state index is 12.6. The third kappa shape index (κ3) is 5.70. The number of carbonyl (C=O) groups is 1. The fourth-order valence-corrected chi connectivity index (χ4v) is 3.04. The Hall–Kier alpha value is -2.57. The lowest BCUT2D eigenvalue weighted by molar-refractivity contribution is 0.0374. The Labute approximate surface area is 160 Å². The van der Waals surface area contributed by atoms with Crippen LogP contribution in [0.2, 0.25) is 0 Å². The molecule has 6 nitrogen and oxygen atoms in total. The molecule has 2 N–H and O–H groups in total. The molecule has 1 aliphatic heterocycles. The van der Waals surface area contributed by atoms with Gasteiger partial charge in [-0.15, -0.1) is 0 Å². The molecule has 0 radical (unpaired) electrons. The molecule has 1 aliphatic rings. The van der Waals surface area contributed by atoms with Gasteiger partial charge in [-0.25, -0.2) is 0 Å². The molecule has 0 aliphatic carbocycles. The summed E-state index contributed by atoms with van der Waals surface area (Å²) in [6, 6.07) is 15.2. The number of benzene rings is 2. The van der Waals surface area contributed by atoms with Crippen molar-refractivity contribution in [3.05, 3.63) is 54.1 Å². The van der Waals surface area contributed by atoms with Gasteiger partial charge in [-0.1, -0.05) is 12.1 Å². The van der Waals surface area contributed by atoms with Crippen molar-refractivity contribution in [2.24, 2.45) is 0 Å². The van der Waals surface area contributed by atoms with E-state index in [1.807, 2.05) is 48.5 Å². The molecule has 1 amide bonds. The Morgan fingerprint density at radius 1 is 1.11 bits per heavy atom. The number of rotatable bonds is 8. The van der Waals surface area contributed by atoms with Crippen molar-refractivity contribution >= 4 is 17.3 Å². The van der Waals surface area contributed by atoms with E-state index in [1.165, 1.54) is 0 Å². The maximum Gasteiger partial charge on any atom is 0.253 e. The van der Waals surface area contributed by atoms with Crippen LogP contribution in [0.4, 0.5) is 11.4 Å². The van der Waals surface area contributed by atoms with Crippen LogP contribution in [0.3, 0.4) is 0 Å². The molecule has 0 aromatic heterocycles. The van der Waals surface area contributed by atoms with Gasteiger partial charge in [0, 0.05) is 25.3 Å². The number of para-hydroxylation sites is 1. The molecule has 0 unspecified atom stereocenters. The topological polar surface area (TPSA) is 62.8 Å². The molecule has 144 valence electrons. The van der Waals surface area contributed by atoms with Crippen LogP contribution in [0.1, 0.15) is 16.8 Å². The highest BCUT2D eigenvalue weighted by atomic mass is 16.5. The average Bonchev–Trinajstić information content (AvgIpc) is 2.73. The monoisotopic (exact) mass is 369 g/mol. The van der Waals surface area contributed by atoms with Crippen molar-refractivity contribution < 1.29 is 14.3 Å². The second-order valence-corrected chi connectivity index (χ2v) is 6.46. The van der Waals surface area contributed by atoms with Crippen LogP contribution in [0.25, 0.3) is 0 Å². The van der Waals surface area contributed by atoms with Gasteiger partial charge in [-0.2, -0.15) is 0 Å². The fraction of sp³-hybridized carbons (Fsp3) is 0.381. The summed E-state index contributed by atoms with van der Waals surface area (Å²) in [5.41, 5.74) is 2.33. The molecule has 0 spiro atoms. The second-order valence-electron chi connectivity index (χ2n) is 6.46. The van der Waals surface area contributed by atoms with Crippen molar-refractivity contribution in [3.8, 4) is 5.75 Å². The van der Waals surface area contributed by atoms with E-state index in [1.54, 1.807) is 7.11 Å². The van der Waals surface area contributed by atoms with Crippen LogP contribution in [0, 0.1) is 0 Å². The van der Waals surface area contributed by atoms with Gasteiger partial charge in [0.1, 0.15) is 5.75 Å². The summed E-state index contributed by atoms with van der Waals surface area (Å²) in [6.45, 7) is 5.20. The first-order chi connectivity index (χ1) is 13.3. The van der Waals surface area contributed by atoms with Crippen molar-refractivity contribution in [2.75, 3.05) is 51.8 Å². The first kappa shape index (κ1) is 19.2. The van der Waals surface area contributed by atoms with Gasteiger partial charge in [0.2, 0.25) is 0 Å². The van der Waals surface area contributed by atoms with E-state index >= 15 is 0 Å². The van der Waals surface area contributed by atoms with Gasteiger partial charge in [0.05, 0.1) is 31.6 Å². The van der Waals surface area contributed by atoms with E-state index in [-0.39, 0.29) is 5.91 Å². The summed E-state index contributed by atoms with van der Waals surface area (Å²) in [5, 5.41) is 6.33. The van der Waals surface area contributed by atoms with E-state index in [4.69, 9.17) is 9.47 Å². The highest BCUT2D eigenvalue weighted by Gasteiger charge is 2.12. The number of amides is 1. The zero-order valence-corrected chi connectivity index (χ0v) is 15.7. The molecule has 0 saturated carbocycles. The maximum atomic E-state index is 12.6. The largest absolute Gasteiger partial charge is 0.497 e. The summed E-state index contributed by atoms with van der Waals surface area (Å²) in [4.78, 5) is 15.0. The molecule has 6 heteroatoms. The SMILES string of the molecule is COc1ccc(Nc2ccccc2C(=O)NCCCN2CCOCC2)cc1. The normalized spacial score (nSPS) is 14.6. The lowest BCUT2D eigenvalue weighted by atomic mass is 10.1. The predicted octanol–water partition coefficient (Wildman–Crippen LogP) is 2.89. The van der Waals surface area contributed by atoms with Crippen LogP contribution in [0.15, 0.2) is 48.5 Å². The quantitative estimate of drug-likeness (QED) is 0.701. The van der Waals surface area contributed by atoms with Gasteiger partial charge in [0.25, 0.3) is 5.91 Å². The van der Waals surface area contributed by atoms with E-state index in [9.17, 15) is 4.79 Å². The molecule has 0 bridgehead atoms. The first-order valence-electron chi connectivity index (χ1n) is 9.34. The summed E-state index contributed by atoms with van der Waals surface area (Å²) in [6.07, 6.45) is 0.930. The molecular weight excluding hydrogens is 342 g/mol. The number of hydrogen-bond acceptors (Lipinski definition) is 5. The van der Waals surface area contributed by atoms with E-state index < -0.39 is 0 Å². The fourth-order valence-electron chi connectivity index (χ4n) is 3.04. The zero-order valence-electron chi connectivity index (χ0n) is 15.7. The number of carbonyl (C=O) groups excluding carboxylic acids is 1. The van der Waals surface area contributed by atoms with Crippen LogP contribution >= 0.6 is 0 Å². The zero-order chi connectivity index (χ0) is 18.9. The number of hydrogen-bond donors (Lipinski definition) is 2. The predicted molar refractivity (Wildman–Crippen MR) is 107 cm³/mol. The van der Waals surface area contributed by atoms with Gasteiger partial charge < -0.3 is 20.1 Å².